The fraction of sp³-hybridized carbons (Fsp3) is 0.682. The van der Waals surface area contributed by atoms with E-state index in [1.165, 1.54) is 5.56 Å². The normalized spacial score (nSPS) is 30.3. The van der Waals surface area contributed by atoms with Crippen molar-refractivity contribution in [1.82, 2.24) is 4.90 Å². The Labute approximate surface area is 156 Å². The lowest BCUT2D eigenvalue weighted by atomic mass is 9.61. The molecule has 1 amide bonds. The van der Waals surface area contributed by atoms with Crippen LogP contribution in [0.3, 0.4) is 0 Å². The van der Waals surface area contributed by atoms with Crippen molar-refractivity contribution in [3.8, 4) is 5.75 Å². The molecule has 3 fully saturated rings. The molecule has 142 valence electrons. The van der Waals surface area contributed by atoms with Gasteiger partial charge in [-0.05, 0) is 55.7 Å². The molecular weight excluding hydrogens is 326 g/mol. The van der Waals surface area contributed by atoms with E-state index >= 15 is 0 Å². The predicted molar refractivity (Wildman–Crippen MR) is 101 cm³/mol. The largest absolute Gasteiger partial charge is 0.490 e. The second kappa shape index (κ2) is 5.72. The number of nitrogens with zero attached hydrogens (tertiary/aromatic N) is 1. The van der Waals surface area contributed by atoms with Gasteiger partial charge in [-0.25, -0.2) is 0 Å². The lowest BCUT2D eigenvalue weighted by Gasteiger charge is -2.59. The van der Waals surface area contributed by atoms with E-state index in [4.69, 9.17) is 4.74 Å². The zero-order valence-corrected chi connectivity index (χ0v) is 16.4. The molecule has 1 aliphatic heterocycles. The van der Waals surface area contributed by atoms with Crippen LogP contribution < -0.4 is 4.74 Å². The highest BCUT2D eigenvalue weighted by Crippen LogP contribution is 2.51. The molecule has 1 aromatic rings. The second-order valence-electron chi connectivity index (χ2n) is 10.2. The Morgan fingerprint density at radius 1 is 1.19 bits per heavy atom. The zero-order chi connectivity index (χ0) is 18.7. The molecular formula is C22H31NO3. The number of carbonyl (C=O) groups excluding carboxylic acids is 1. The van der Waals surface area contributed by atoms with Crippen molar-refractivity contribution in [2.24, 2.45) is 11.3 Å². The molecule has 4 rings (SSSR count). The standard InChI is InChI=1S/C22H31NO3/c1-20(2,3)16-6-5-7-17(8-16)26-18-11-22(12-18)13-23(14-22)19(24)15-9-21(4,25)10-15/h5-8,15,18,25H,9-14H2,1-4H3. The molecule has 0 bridgehead atoms. The monoisotopic (exact) mass is 357 g/mol. The molecule has 1 saturated heterocycles. The number of rotatable bonds is 3. The minimum absolute atomic E-state index is 0.0367. The SMILES string of the molecule is CC1(O)CC(C(=O)N2CC3(CC(Oc4cccc(C(C)(C)C)c4)C3)C2)C1. The lowest BCUT2D eigenvalue weighted by molar-refractivity contribution is -0.174. The van der Waals surface area contributed by atoms with E-state index in [-0.39, 0.29) is 28.8 Å². The minimum Gasteiger partial charge on any atom is -0.490 e. The van der Waals surface area contributed by atoms with Crippen molar-refractivity contribution in [3.63, 3.8) is 0 Å². The summed E-state index contributed by atoms with van der Waals surface area (Å²) in [5.74, 6) is 1.24. The molecule has 1 heterocycles. The summed E-state index contributed by atoms with van der Waals surface area (Å²) in [4.78, 5) is 14.4. The van der Waals surface area contributed by atoms with Crippen molar-refractivity contribution in [3.05, 3.63) is 29.8 Å². The smallest absolute Gasteiger partial charge is 0.225 e. The van der Waals surface area contributed by atoms with Crippen LogP contribution in [0.1, 0.15) is 58.9 Å². The van der Waals surface area contributed by atoms with E-state index in [0.29, 0.717) is 12.8 Å². The fourth-order valence-corrected chi connectivity index (χ4v) is 4.83. The molecule has 0 unspecified atom stereocenters. The lowest BCUT2D eigenvalue weighted by Crippen LogP contribution is -2.67. The van der Waals surface area contributed by atoms with E-state index in [0.717, 1.165) is 31.7 Å². The van der Waals surface area contributed by atoms with Crippen molar-refractivity contribution in [2.75, 3.05) is 13.1 Å². The van der Waals surface area contributed by atoms with Gasteiger partial charge in [0.2, 0.25) is 5.91 Å². The Morgan fingerprint density at radius 2 is 1.85 bits per heavy atom. The van der Waals surface area contributed by atoms with E-state index in [1.807, 2.05) is 17.9 Å². The van der Waals surface area contributed by atoms with Crippen LogP contribution >= 0.6 is 0 Å². The van der Waals surface area contributed by atoms with Crippen LogP contribution in [0, 0.1) is 11.3 Å². The predicted octanol–water partition coefficient (Wildman–Crippen LogP) is 3.51. The van der Waals surface area contributed by atoms with Gasteiger partial charge in [0.15, 0.2) is 0 Å². The Kier molecular flexibility index (Phi) is 3.93. The Balaban J connectivity index is 1.25. The zero-order valence-electron chi connectivity index (χ0n) is 16.4. The van der Waals surface area contributed by atoms with Crippen molar-refractivity contribution < 1.29 is 14.6 Å². The maximum atomic E-state index is 12.4. The highest BCUT2D eigenvalue weighted by Gasteiger charge is 2.56. The quantitative estimate of drug-likeness (QED) is 0.900. The van der Waals surface area contributed by atoms with Crippen LogP contribution in [-0.2, 0) is 10.2 Å². The van der Waals surface area contributed by atoms with E-state index in [9.17, 15) is 9.90 Å². The summed E-state index contributed by atoms with van der Waals surface area (Å²) < 4.78 is 6.18. The number of hydrogen-bond acceptors (Lipinski definition) is 3. The number of hydrogen-bond donors (Lipinski definition) is 1. The Morgan fingerprint density at radius 3 is 2.42 bits per heavy atom. The molecule has 0 radical (unpaired) electrons. The van der Waals surface area contributed by atoms with E-state index in [2.05, 4.69) is 39.0 Å². The molecule has 2 aliphatic carbocycles. The van der Waals surface area contributed by atoms with Crippen LogP contribution in [-0.4, -0.2) is 40.7 Å². The van der Waals surface area contributed by atoms with Gasteiger partial charge < -0.3 is 14.7 Å². The van der Waals surface area contributed by atoms with E-state index < -0.39 is 5.60 Å². The third-order valence-corrected chi connectivity index (χ3v) is 6.41. The molecule has 4 heteroatoms. The number of ether oxygens (including phenoxy) is 1. The maximum Gasteiger partial charge on any atom is 0.225 e. The molecule has 26 heavy (non-hydrogen) atoms. The summed E-state index contributed by atoms with van der Waals surface area (Å²) in [6, 6.07) is 8.42. The molecule has 0 aromatic heterocycles. The molecule has 4 nitrogen and oxygen atoms in total. The molecule has 2 saturated carbocycles. The summed E-state index contributed by atoms with van der Waals surface area (Å²) in [6.07, 6.45) is 3.58. The third kappa shape index (κ3) is 3.24. The van der Waals surface area contributed by atoms with Gasteiger partial charge in [-0.15, -0.1) is 0 Å². The first-order valence-corrected chi connectivity index (χ1v) is 9.84. The maximum absolute atomic E-state index is 12.4. The first kappa shape index (κ1) is 17.8. The van der Waals surface area contributed by atoms with Gasteiger partial charge in [0.1, 0.15) is 11.9 Å². The molecule has 1 N–H and O–H groups in total. The molecule has 0 atom stereocenters. The van der Waals surface area contributed by atoms with Gasteiger partial charge in [-0.3, -0.25) is 4.79 Å². The van der Waals surface area contributed by atoms with Crippen LogP contribution in [0.4, 0.5) is 0 Å². The van der Waals surface area contributed by atoms with Crippen LogP contribution in [0.25, 0.3) is 0 Å². The molecule has 3 aliphatic rings. The first-order chi connectivity index (χ1) is 12.1. The number of aliphatic hydroxyl groups is 1. The van der Waals surface area contributed by atoms with Crippen molar-refractivity contribution >= 4 is 5.91 Å². The summed E-state index contributed by atoms with van der Waals surface area (Å²) in [5, 5.41) is 9.82. The number of likely N-dealkylation sites (tertiary alicyclic amines) is 1. The molecule has 1 aromatic carbocycles. The van der Waals surface area contributed by atoms with Gasteiger partial charge in [0, 0.05) is 24.4 Å². The number of amides is 1. The van der Waals surface area contributed by atoms with Crippen molar-refractivity contribution in [1.29, 1.82) is 0 Å². The third-order valence-electron chi connectivity index (χ3n) is 6.41. The van der Waals surface area contributed by atoms with Crippen molar-refractivity contribution in [2.45, 2.75) is 70.5 Å². The van der Waals surface area contributed by atoms with Gasteiger partial charge in [-0.1, -0.05) is 32.9 Å². The Hall–Kier alpha value is -1.55. The fourth-order valence-electron chi connectivity index (χ4n) is 4.83. The van der Waals surface area contributed by atoms with Gasteiger partial charge in [0.25, 0.3) is 0 Å². The summed E-state index contributed by atoms with van der Waals surface area (Å²) in [7, 11) is 0. The number of carbonyl (C=O) groups is 1. The first-order valence-electron chi connectivity index (χ1n) is 9.84. The topological polar surface area (TPSA) is 49.8 Å². The minimum atomic E-state index is -0.625. The highest BCUT2D eigenvalue weighted by molar-refractivity contribution is 5.81. The summed E-state index contributed by atoms with van der Waals surface area (Å²) in [5.41, 5.74) is 1.08. The average Bonchev–Trinajstić information content (AvgIpc) is 2.44. The number of benzene rings is 1. The molecule has 1 spiro atoms. The van der Waals surface area contributed by atoms with Crippen LogP contribution in [0.15, 0.2) is 24.3 Å². The van der Waals surface area contributed by atoms with E-state index in [1.54, 1.807) is 0 Å². The van der Waals surface area contributed by atoms with Crippen LogP contribution in [0.2, 0.25) is 0 Å². The average molecular weight is 357 g/mol. The summed E-state index contributed by atoms with van der Waals surface area (Å²) >= 11 is 0. The second-order valence-corrected chi connectivity index (χ2v) is 10.2. The van der Waals surface area contributed by atoms with Gasteiger partial charge in [-0.2, -0.15) is 0 Å². The van der Waals surface area contributed by atoms with Gasteiger partial charge >= 0.3 is 0 Å². The van der Waals surface area contributed by atoms with Gasteiger partial charge in [0.05, 0.1) is 5.60 Å². The van der Waals surface area contributed by atoms with Crippen LogP contribution in [0.5, 0.6) is 5.75 Å². The highest BCUT2D eigenvalue weighted by atomic mass is 16.5. The summed E-state index contributed by atoms with van der Waals surface area (Å²) in [6.45, 7) is 10.2. The Bertz CT molecular complexity index is 696.